The fourth-order valence-electron chi connectivity index (χ4n) is 3.54. The minimum absolute atomic E-state index is 0.170. The molecule has 2 N–H and O–H groups in total. The summed E-state index contributed by atoms with van der Waals surface area (Å²) in [4.78, 5) is 28.6. The number of hydrogen-bond acceptors (Lipinski definition) is 5. The number of nitrogens with one attached hydrogen (secondary N) is 2. The Labute approximate surface area is 168 Å². The summed E-state index contributed by atoms with van der Waals surface area (Å²) in [6.07, 6.45) is -0.553. The van der Waals surface area contributed by atoms with Crippen LogP contribution in [0.2, 0.25) is 0 Å². The third-order valence-electron chi connectivity index (χ3n) is 4.90. The molecule has 1 aromatic heterocycles. The Morgan fingerprint density at radius 1 is 1.10 bits per heavy atom. The number of aromatic amines is 1. The number of nitrogens with zero attached hydrogens (tertiary/aromatic N) is 1. The van der Waals surface area contributed by atoms with Crippen molar-refractivity contribution in [2.24, 2.45) is 0 Å². The van der Waals surface area contributed by atoms with Crippen LogP contribution in [0.15, 0.2) is 54.6 Å². The Bertz CT molecular complexity index is 1050. The minimum Gasteiger partial charge on any atom is -0.457 e. The summed E-state index contributed by atoms with van der Waals surface area (Å²) >= 11 is 0. The van der Waals surface area contributed by atoms with Crippen molar-refractivity contribution in [3.05, 3.63) is 65.9 Å². The molecule has 0 saturated carbocycles. The molecule has 1 unspecified atom stereocenters. The van der Waals surface area contributed by atoms with E-state index in [1.165, 1.54) is 0 Å². The third-order valence-corrected chi connectivity index (χ3v) is 4.90. The van der Waals surface area contributed by atoms with Crippen LogP contribution in [0.4, 0.5) is 5.69 Å². The molecular formula is C22H21N3O4. The van der Waals surface area contributed by atoms with E-state index in [1.54, 1.807) is 6.92 Å². The fraction of sp³-hybridized carbons (Fsp3) is 0.182. The molecule has 1 atom stereocenters. The van der Waals surface area contributed by atoms with Gasteiger partial charge in [0.1, 0.15) is 11.5 Å². The predicted octanol–water partition coefficient (Wildman–Crippen LogP) is 3.81. The largest absolute Gasteiger partial charge is 0.457 e. The third kappa shape index (κ3) is 3.42. The van der Waals surface area contributed by atoms with E-state index >= 15 is 0 Å². The number of rotatable bonds is 6. The van der Waals surface area contributed by atoms with Crippen LogP contribution >= 0.6 is 0 Å². The van der Waals surface area contributed by atoms with Crippen molar-refractivity contribution < 1.29 is 19.1 Å². The number of H-pyrrole nitrogens is 1. The van der Waals surface area contributed by atoms with Gasteiger partial charge in [-0.25, -0.2) is 0 Å². The van der Waals surface area contributed by atoms with Crippen LogP contribution < -0.4 is 15.0 Å². The van der Waals surface area contributed by atoms with Crippen molar-refractivity contribution in [1.29, 1.82) is 0 Å². The zero-order chi connectivity index (χ0) is 20.4. The van der Waals surface area contributed by atoms with Gasteiger partial charge in [0.15, 0.2) is 6.23 Å². The first-order valence-corrected chi connectivity index (χ1v) is 9.29. The van der Waals surface area contributed by atoms with Gasteiger partial charge in [-0.3, -0.25) is 9.59 Å². The summed E-state index contributed by atoms with van der Waals surface area (Å²) in [6.45, 7) is 4.24. The molecule has 0 saturated heterocycles. The number of carbonyl (C=O) groups excluding carboxylic acids is 2. The maximum absolute atomic E-state index is 12.6. The predicted molar refractivity (Wildman–Crippen MR) is 109 cm³/mol. The molecule has 0 radical (unpaired) electrons. The summed E-state index contributed by atoms with van der Waals surface area (Å²) in [6, 6.07) is 17.1. The number of para-hydroxylation sites is 2. The highest BCUT2D eigenvalue weighted by molar-refractivity contribution is 6.06. The van der Waals surface area contributed by atoms with E-state index in [2.05, 4.69) is 10.3 Å². The SMILES string of the molecule is Cc1[nH]c(-c2ccccc2Oc2ccccc2)c2c1C(=O)NCN2C(C)OC=O. The van der Waals surface area contributed by atoms with E-state index < -0.39 is 6.23 Å². The highest BCUT2D eigenvalue weighted by Gasteiger charge is 2.33. The fourth-order valence-corrected chi connectivity index (χ4v) is 3.54. The Balaban J connectivity index is 1.84. The van der Waals surface area contributed by atoms with Crippen LogP contribution in [-0.2, 0) is 9.53 Å². The average Bonchev–Trinajstić information content (AvgIpc) is 3.07. The van der Waals surface area contributed by atoms with E-state index in [-0.39, 0.29) is 12.6 Å². The van der Waals surface area contributed by atoms with Crippen molar-refractivity contribution in [1.82, 2.24) is 10.3 Å². The molecule has 7 heteroatoms. The molecule has 2 heterocycles. The van der Waals surface area contributed by atoms with Gasteiger partial charge in [0.05, 0.1) is 23.6 Å². The first kappa shape index (κ1) is 18.6. The molecule has 7 nitrogen and oxygen atoms in total. The lowest BCUT2D eigenvalue weighted by Gasteiger charge is -2.34. The lowest BCUT2D eigenvalue weighted by Crippen LogP contribution is -2.48. The first-order valence-electron chi connectivity index (χ1n) is 9.29. The van der Waals surface area contributed by atoms with Gasteiger partial charge < -0.3 is 24.7 Å². The van der Waals surface area contributed by atoms with Crippen molar-refractivity contribution in [3.8, 4) is 22.8 Å². The number of ether oxygens (including phenoxy) is 2. The summed E-state index contributed by atoms with van der Waals surface area (Å²) in [5.74, 6) is 1.19. The van der Waals surface area contributed by atoms with Crippen molar-refractivity contribution >= 4 is 18.1 Å². The van der Waals surface area contributed by atoms with Crippen molar-refractivity contribution in [2.75, 3.05) is 11.6 Å². The van der Waals surface area contributed by atoms with Crippen LogP contribution in [0, 0.1) is 6.92 Å². The summed E-state index contributed by atoms with van der Waals surface area (Å²) in [5.41, 5.74) is 3.48. The van der Waals surface area contributed by atoms with E-state index in [0.29, 0.717) is 29.2 Å². The van der Waals surface area contributed by atoms with Crippen molar-refractivity contribution in [2.45, 2.75) is 20.1 Å². The Hall–Kier alpha value is -3.74. The molecule has 2 aromatic carbocycles. The molecule has 0 aliphatic carbocycles. The Morgan fingerprint density at radius 2 is 1.83 bits per heavy atom. The van der Waals surface area contributed by atoms with Gasteiger partial charge in [0, 0.05) is 11.3 Å². The van der Waals surface area contributed by atoms with Gasteiger partial charge in [0.25, 0.3) is 12.4 Å². The first-order chi connectivity index (χ1) is 14.1. The molecule has 3 aromatic rings. The highest BCUT2D eigenvalue weighted by Crippen LogP contribution is 2.42. The smallest absolute Gasteiger partial charge is 0.294 e. The number of fused-ring (bicyclic) bond motifs is 1. The normalized spacial score (nSPS) is 14.0. The lowest BCUT2D eigenvalue weighted by atomic mass is 10.0. The quantitative estimate of drug-likeness (QED) is 0.625. The molecule has 1 aliphatic heterocycles. The number of carbonyl (C=O) groups is 2. The standard InChI is InChI=1S/C22H21N3O4/c1-14-19-21(25(12-23-22(19)27)15(2)28-13-26)20(24-14)17-10-6-7-11-18(17)29-16-8-4-3-5-9-16/h3-11,13,15,24H,12H2,1-2H3,(H,23,27). The van der Waals surface area contributed by atoms with Gasteiger partial charge in [-0.2, -0.15) is 0 Å². The number of aryl methyl sites for hydroxylation is 1. The molecule has 0 spiro atoms. The van der Waals surface area contributed by atoms with Crippen LogP contribution in [0.3, 0.4) is 0 Å². The van der Waals surface area contributed by atoms with Crippen molar-refractivity contribution in [3.63, 3.8) is 0 Å². The highest BCUT2D eigenvalue weighted by atomic mass is 16.5. The number of benzene rings is 2. The van der Waals surface area contributed by atoms with Gasteiger partial charge >= 0.3 is 0 Å². The molecule has 29 heavy (non-hydrogen) atoms. The summed E-state index contributed by atoms with van der Waals surface area (Å²) in [7, 11) is 0. The van der Waals surface area contributed by atoms with E-state index in [9.17, 15) is 9.59 Å². The molecule has 1 amide bonds. The van der Waals surface area contributed by atoms with Crippen LogP contribution in [0.25, 0.3) is 11.3 Å². The number of hydrogen-bond donors (Lipinski definition) is 2. The summed E-state index contributed by atoms with van der Waals surface area (Å²) < 4.78 is 11.3. The van der Waals surface area contributed by atoms with Gasteiger partial charge in [-0.1, -0.05) is 30.3 Å². The average molecular weight is 391 g/mol. The molecular weight excluding hydrogens is 370 g/mol. The molecule has 1 aliphatic rings. The molecule has 0 bridgehead atoms. The van der Waals surface area contributed by atoms with E-state index in [1.807, 2.05) is 66.4 Å². The second kappa shape index (κ2) is 7.71. The van der Waals surface area contributed by atoms with Gasteiger partial charge in [0.2, 0.25) is 0 Å². The second-order valence-corrected chi connectivity index (χ2v) is 6.73. The van der Waals surface area contributed by atoms with E-state index in [0.717, 1.165) is 17.0 Å². The number of amides is 1. The Kier molecular flexibility index (Phi) is 4.95. The van der Waals surface area contributed by atoms with Crippen LogP contribution in [-0.4, -0.2) is 30.3 Å². The molecule has 148 valence electrons. The maximum atomic E-state index is 12.6. The zero-order valence-electron chi connectivity index (χ0n) is 16.1. The van der Waals surface area contributed by atoms with Gasteiger partial charge in [-0.05, 0) is 38.1 Å². The summed E-state index contributed by atoms with van der Waals surface area (Å²) in [5, 5.41) is 2.83. The topological polar surface area (TPSA) is 83.7 Å². The zero-order valence-corrected chi connectivity index (χ0v) is 16.1. The van der Waals surface area contributed by atoms with Crippen LogP contribution in [0.5, 0.6) is 11.5 Å². The monoisotopic (exact) mass is 391 g/mol. The maximum Gasteiger partial charge on any atom is 0.294 e. The van der Waals surface area contributed by atoms with E-state index in [4.69, 9.17) is 9.47 Å². The molecule has 0 fully saturated rings. The Morgan fingerprint density at radius 3 is 2.59 bits per heavy atom. The second-order valence-electron chi connectivity index (χ2n) is 6.73. The minimum atomic E-state index is -0.553. The van der Waals surface area contributed by atoms with Crippen LogP contribution in [0.1, 0.15) is 23.0 Å². The number of anilines is 1. The van der Waals surface area contributed by atoms with Gasteiger partial charge in [-0.15, -0.1) is 0 Å². The number of aromatic nitrogens is 1. The lowest BCUT2D eigenvalue weighted by molar-refractivity contribution is -0.132. The molecule has 4 rings (SSSR count).